The second-order valence-electron chi connectivity index (χ2n) is 6.34. The van der Waals surface area contributed by atoms with Gasteiger partial charge >= 0.3 is 6.18 Å². The molecule has 0 aliphatic carbocycles. The molecule has 9 heteroatoms. The number of hydrogen-bond donors (Lipinski definition) is 1. The number of imidazole rings is 1. The highest BCUT2D eigenvalue weighted by Gasteiger charge is 2.36. The van der Waals surface area contributed by atoms with Crippen molar-refractivity contribution in [1.29, 1.82) is 0 Å². The largest absolute Gasteiger partial charge is 0.472 e. The van der Waals surface area contributed by atoms with E-state index in [-0.39, 0.29) is 29.9 Å². The Balaban J connectivity index is 1.83. The average molecular weight is 419 g/mol. The molecule has 0 aliphatic rings. The number of aromatic nitrogens is 2. The Morgan fingerprint density at radius 2 is 2.10 bits per heavy atom. The molecule has 0 atom stereocenters. The lowest BCUT2D eigenvalue weighted by molar-refractivity contribution is -0.136. The Bertz CT molecular complexity index is 1150. The van der Waals surface area contributed by atoms with Crippen LogP contribution in [0.3, 0.4) is 0 Å². The van der Waals surface area contributed by atoms with Crippen molar-refractivity contribution in [1.82, 2.24) is 14.9 Å². The number of alkyl halides is 3. The van der Waals surface area contributed by atoms with Crippen LogP contribution >= 0.6 is 11.3 Å². The Morgan fingerprint density at radius 1 is 1.28 bits per heavy atom. The maximum atomic E-state index is 13.8. The highest BCUT2D eigenvalue weighted by molar-refractivity contribution is 7.09. The van der Waals surface area contributed by atoms with Crippen molar-refractivity contribution in [2.24, 2.45) is 0 Å². The smallest absolute Gasteiger partial charge is 0.418 e. The van der Waals surface area contributed by atoms with E-state index in [0.717, 1.165) is 10.9 Å². The van der Waals surface area contributed by atoms with Gasteiger partial charge in [0, 0.05) is 17.0 Å². The summed E-state index contributed by atoms with van der Waals surface area (Å²) < 4.78 is 47.8. The minimum absolute atomic E-state index is 0.0473. The summed E-state index contributed by atoms with van der Waals surface area (Å²) in [4.78, 5) is 17.9. The van der Waals surface area contributed by atoms with Gasteiger partial charge in [0.1, 0.15) is 0 Å². The SMILES string of the molecule is CCn1c(C(=O)NCc2cccs2)nc2cc(-c3ccoc3)cc(C(F)(F)F)c21. The maximum Gasteiger partial charge on any atom is 0.418 e. The van der Waals surface area contributed by atoms with Crippen LogP contribution in [-0.4, -0.2) is 15.5 Å². The molecule has 0 unspecified atom stereocenters. The number of thiophene rings is 1. The van der Waals surface area contributed by atoms with Crippen LogP contribution in [0.5, 0.6) is 0 Å². The summed E-state index contributed by atoms with van der Waals surface area (Å²) in [6.07, 6.45) is -1.84. The first kappa shape index (κ1) is 19.3. The molecule has 0 spiro atoms. The van der Waals surface area contributed by atoms with E-state index in [1.165, 1.54) is 34.5 Å². The molecule has 4 rings (SSSR count). The number of nitrogens with zero attached hydrogens (tertiary/aromatic N) is 2. The third-order valence-electron chi connectivity index (χ3n) is 4.52. The molecule has 0 saturated heterocycles. The van der Waals surface area contributed by atoms with Gasteiger partial charge in [0.05, 0.1) is 35.7 Å². The molecule has 3 aromatic heterocycles. The minimum Gasteiger partial charge on any atom is -0.472 e. The van der Waals surface area contributed by atoms with Gasteiger partial charge in [0.15, 0.2) is 5.82 Å². The molecule has 0 saturated carbocycles. The standard InChI is InChI=1S/C20H16F3N3O2S/c1-2-26-17-15(20(21,22)23)8-13(12-5-6-28-11-12)9-16(17)25-18(26)19(27)24-10-14-4-3-7-29-14/h3-9,11H,2,10H2,1H3,(H,24,27). The Labute approximate surface area is 167 Å². The van der Waals surface area contributed by atoms with Gasteiger partial charge < -0.3 is 14.3 Å². The number of carbonyl (C=O) groups excluding carboxylic acids is 1. The molecule has 0 fully saturated rings. The van der Waals surface area contributed by atoms with Crippen LogP contribution in [0.1, 0.15) is 28.0 Å². The molecule has 29 heavy (non-hydrogen) atoms. The van der Waals surface area contributed by atoms with E-state index in [1.807, 2.05) is 17.5 Å². The van der Waals surface area contributed by atoms with Gasteiger partial charge in [0.25, 0.3) is 5.91 Å². The van der Waals surface area contributed by atoms with Gasteiger partial charge in [-0.25, -0.2) is 4.98 Å². The summed E-state index contributed by atoms with van der Waals surface area (Å²) >= 11 is 1.48. The molecule has 1 amide bonds. The van der Waals surface area contributed by atoms with Crippen LogP contribution in [0.25, 0.3) is 22.2 Å². The minimum atomic E-state index is -4.60. The van der Waals surface area contributed by atoms with Crippen LogP contribution < -0.4 is 5.32 Å². The van der Waals surface area contributed by atoms with Crippen molar-refractivity contribution in [2.45, 2.75) is 26.2 Å². The lowest BCUT2D eigenvalue weighted by Crippen LogP contribution is -2.26. The van der Waals surface area contributed by atoms with Crippen LogP contribution in [0.4, 0.5) is 13.2 Å². The van der Waals surface area contributed by atoms with E-state index < -0.39 is 17.6 Å². The first-order chi connectivity index (χ1) is 13.9. The Hall–Kier alpha value is -3.07. The number of rotatable bonds is 5. The van der Waals surface area contributed by atoms with E-state index in [0.29, 0.717) is 11.1 Å². The van der Waals surface area contributed by atoms with Crippen LogP contribution in [0, 0.1) is 0 Å². The fourth-order valence-corrected chi connectivity index (χ4v) is 3.87. The zero-order valence-electron chi connectivity index (χ0n) is 15.3. The second-order valence-corrected chi connectivity index (χ2v) is 7.38. The molecular weight excluding hydrogens is 403 g/mol. The van der Waals surface area contributed by atoms with Crippen molar-refractivity contribution in [3.05, 3.63) is 64.5 Å². The molecule has 0 radical (unpaired) electrons. The summed E-state index contributed by atoms with van der Waals surface area (Å²) in [5.74, 6) is -0.566. The maximum absolute atomic E-state index is 13.8. The van der Waals surface area contributed by atoms with Gasteiger partial charge in [-0.2, -0.15) is 13.2 Å². The third kappa shape index (κ3) is 3.65. The number of aryl methyl sites for hydroxylation is 1. The molecule has 4 aromatic rings. The third-order valence-corrected chi connectivity index (χ3v) is 5.40. The fourth-order valence-electron chi connectivity index (χ4n) is 3.22. The summed E-state index contributed by atoms with van der Waals surface area (Å²) in [5.41, 5.74) is 0.00235. The van der Waals surface area contributed by atoms with Crippen LogP contribution in [0.15, 0.2) is 52.7 Å². The molecule has 1 aromatic carbocycles. The van der Waals surface area contributed by atoms with Crippen molar-refractivity contribution in [2.75, 3.05) is 0 Å². The number of hydrogen-bond acceptors (Lipinski definition) is 4. The van der Waals surface area contributed by atoms with E-state index in [1.54, 1.807) is 13.0 Å². The molecule has 3 heterocycles. The summed E-state index contributed by atoms with van der Waals surface area (Å²) in [6.45, 7) is 2.14. The van der Waals surface area contributed by atoms with Crippen molar-refractivity contribution < 1.29 is 22.4 Å². The molecule has 5 nitrogen and oxygen atoms in total. The van der Waals surface area contributed by atoms with E-state index >= 15 is 0 Å². The van der Waals surface area contributed by atoms with Crippen LogP contribution in [0.2, 0.25) is 0 Å². The first-order valence-corrected chi connectivity index (χ1v) is 9.71. The number of carbonyl (C=O) groups is 1. The molecular formula is C20H16F3N3O2S. The van der Waals surface area contributed by atoms with Crippen molar-refractivity contribution in [3.8, 4) is 11.1 Å². The van der Waals surface area contributed by atoms with Crippen molar-refractivity contribution >= 4 is 28.3 Å². The van der Waals surface area contributed by atoms with E-state index in [4.69, 9.17) is 4.42 Å². The lowest BCUT2D eigenvalue weighted by atomic mass is 10.0. The number of halogens is 3. The van der Waals surface area contributed by atoms with Gasteiger partial charge in [0.2, 0.25) is 0 Å². The zero-order valence-corrected chi connectivity index (χ0v) is 16.1. The predicted molar refractivity (Wildman–Crippen MR) is 104 cm³/mol. The van der Waals surface area contributed by atoms with E-state index in [2.05, 4.69) is 10.3 Å². The normalized spacial score (nSPS) is 11.9. The summed E-state index contributed by atoms with van der Waals surface area (Å²) in [5, 5.41) is 4.61. The number of nitrogens with one attached hydrogen (secondary N) is 1. The quantitative estimate of drug-likeness (QED) is 0.476. The highest BCUT2D eigenvalue weighted by atomic mass is 32.1. The molecule has 1 N–H and O–H groups in total. The first-order valence-electron chi connectivity index (χ1n) is 8.83. The van der Waals surface area contributed by atoms with Gasteiger partial charge in [-0.05, 0) is 42.1 Å². The van der Waals surface area contributed by atoms with Gasteiger partial charge in [-0.15, -0.1) is 11.3 Å². The second kappa shape index (κ2) is 7.40. The number of furan rings is 1. The number of amides is 1. The Morgan fingerprint density at radius 3 is 2.72 bits per heavy atom. The highest BCUT2D eigenvalue weighted by Crippen LogP contribution is 2.38. The molecule has 0 bridgehead atoms. The monoisotopic (exact) mass is 419 g/mol. The molecule has 150 valence electrons. The Kier molecular flexibility index (Phi) is 4.91. The number of fused-ring (bicyclic) bond motifs is 1. The van der Waals surface area contributed by atoms with Gasteiger partial charge in [-0.3, -0.25) is 4.79 Å². The van der Waals surface area contributed by atoms with Crippen molar-refractivity contribution in [3.63, 3.8) is 0 Å². The number of benzene rings is 1. The summed E-state index contributed by atoms with van der Waals surface area (Å²) in [6, 6.07) is 7.91. The summed E-state index contributed by atoms with van der Waals surface area (Å²) in [7, 11) is 0. The van der Waals surface area contributed by atoms with Gasteiger partial charge in [-0.1, -0.05) is 6.07 Å². The molecule has 0 aliphatic heterocycles. The lowest BCUT2D eigenvalue weighted by Gasteiger charge is -2.13. The van der Waals surface area contributed by atoms with Crippen LogP contribution in [-0.2, 0) is 19.3 Å². The van der Waals surface area contributed by atoms with E-state index in [9.17, 15) is 18.0 Å². The topological polar surface area (TPSA) is 60.1 Å². The predicted octanol–water partition coefficient (Wildman–Crippen LogP) is 5.33. The zero-order chi connectivity index (χ0) is 20.6. The average Bonchev–Trinajstić information content (AvgIpc) is 3.44. The fraction of sp³-hybridized carbons (Fsp3) is 0.200.